The molecule has 4 saturated carbocycles. The van der Waals surface area contributed by atoms with Crippen molar-refractivity contribution in [2.45, 2.75) is 151 Å². The standard InChI is InChI=1S/2C38H44ClN5O9S/c2*1-7-22-18-38(22,36(48)43-54(49,50)26-12-13-26)42-32(45)29-17-25(53-33-28-16-23(39)11-14-27(28)30(51-5)19-40-33)20-44(29)34(46)31(37(2,3)4)41-24-10-8-9-21(15-24)35(47)52-6/h2*7-11,14-16,19,22,25-26,29,31,41H,1,12-13,17-18,20H2,2-6H3,(H,42,45)(H,43,48)/t22-,25-,29+,31+,38-;22-,25-,29+,31-,38-/m11/s1. The van der Waals surface area contributed by atoms with Crippen molar-refractivity contribution in [1.29, 1.82) is 0 Å². The number of likely N-dealkylation sites (tertiary alicyclic amines) is 2. The van der Waals surface area contributed by atoms with Crippen LogP contribution in [0.15, 0.2) is 123 Å². The number of nitrogens with one attached hydrogen (secondary N) is 6. The van der Waals surface area contributed by atoms with Crippen molar-refractivity contribution in [3.05, 3.63) is 144 Å². The Kier molecular flexibility index (Phi) is 22.8. The molecule has 6 N–H and O–H groups in total. The predicted molar refractivity (Wildman–Crippen MR) is 403 cm³/mol. The van der Waals surface area contributed by atoms with Crippen molar-refractivity contribution < 1.29 is 83.6 Å². The SMILES string of the molecule is C=C[C@@H]1C[C@]1(NC(=O)[C@@H]1C[C@@H](Oc2ncc(OC)c3ccc(Cl)cc23)CN1C(=O)[C@@H](Nc1cccc(C(=O)OC)c1)C(C)(C)C)C(=O)NS(=O)(=O)C1CC1.C=C[C@@H]1C[C@]1(NC(=O)[C@@H]1C[C@@H](Oc2ncc(OC)c3ccc(Cl)cc23)CN1C(=O)[C@H](Nc1cccc(C(=O)OC)c1)C(C)(C)C)C(=O)NS(=O)(=O)C1CC1. The number of amides is 6. The van der Waals surface area contributed by atoms with Gasteiger partial charge in [0.05, 0.1) is 75.5 Å². The minimum Gasteiger partial charge on any atom is -0.494 e. The van der Waals surface area contributed by atoms with Gasteiger partial charge in [-0.1, -0.05) is 89.0 Å². The Labute approximate surface area is 636 Å². The number of hydrogen-bond donors (Lipinski definition) is 6. The Morgan fingerprint density at radius 3 is 1.23 bits per heavy atom. The van der Waals surface area contributed by atoms with Gasteiger partial charge in [-0.15, -0.1) is 13.2 Å². The van der Waals surface area contributed by atoms with E-state index in [-0.39, 0.29) is 61.7 Å². The molecule has 6 fully saturated rings. The number of halogens is 2. The lowest BCUT2D eigenvalue weighted by Gasteiger charge is -2.36. The van der Waals surface area contributed by atoms with Crippen molar-refractivity contribution in [2.75, 3.05) is 52.2 Å². The maximum absolute atomic E-state index is 14.7. The molecule has 6 amide bonds. The molecule has 4 aromatic carbocycles. The number of methoxy groups -OCH3 is 4. The van der Waals surface area contributed by atoms with Gasteiger partial charge < -0.3 is 59.5 Å². The molecular weight excluding hydrogens is 1480 g/mol. The van der Waals surface area contributed by atoms with Gasteiger partial charge >= 0.3 is 11.9 Å². The fourth-order valence-electron chi connectivity index (χ4n) is 13.6. The van der Waals surface area contributed by atoms with Crippen LogP contribution < -0.4 is 49.7 Å². The van der Waals surface area contributed by atoms with E-state index in [2.05, 4.69) is 53.8 Å². The van der Waals surface area contributed by atoms with Crippen LogP contribution >= 0.6 is 23.2 Å². The van der Waals surface area contributed by atoms with E-state index in [1.807, 2.05) is 41.5 Å². The first-order valence-electron chi connectivity index (χ1n) is 35.1. The first kappa shape index (κ1) is 79.3. The third kappa shape index (κ3) is 17.0. The number of pyridine rings is 2. The Balaban J connectivity index is 0.000000215. The molecule has 12 rings (SSSR count). The van der Waals surface area contributed by atoms with E-state index in [0.717, 1.165) is 0 Å². The van der Waals surface area contributed by atoms with Crippen LogP contribution in [0.25, 0.3) is 21.5 Å². The van der Waals surface area contributed by atoms with E-state index >= 15 is 0 Å². The second-order valence-corrected chi connectivity index (χ2v) is 34.8. The molecule has 6 aromatic rings. The molecule has 32 heteroatoms. The van der Waals surface area contributed by atoms with Crippen molar-refractivity contribution in [2.24, 2.45) is 22.7 Å². The molecule has 6 aliphatic rings. The van der Waals surface area contributed by atoms with Gasteiger partial charge in [0, 0.05) is 67.6 Å². The fraction of sp³-hybridized carbons (Fsp3) is 0.447. The number of ether oxygens (including phenoxy) is 6. The molecule has 576 valence electrons. The van der Waals surface area contributed by atoms with Crippen molar-refractivity contribution >= 4 is 124 Å². The zero-order valence-corrected chi connectivity index (χ0v) is 64.5. The smallest absolute Gasteiger partial charge is 0.337 e. The minimum absolute atomic E-state index is 0.0128. The minimum atomic E-state index is -3.91. The molecule has 2 saturated heterocycles. The molecule has 4 heterocycles. The lowest BCUT2D eigenvalue weighted by Crippen LogP contribution is -2.58. The summed E-state index contributed by atoms with van der Waals surface area (Å²) in [6.45, 7) is 18.7. The lowest BCUT2D eigenvalue weighted by atomic mass is 9.85. The fourth-order valence-corrected chi connectivity index (χ4v) is 16.7. The van der Waals surface area contributed by atoms with Gasteiger partial charge in [-0.2, -0.15) is 0 Å². The molecular formula is C76H88Cl2N10O18S2. The average Bonchev–Trinajstić information content (AvgIpc) is 1.57. The van der Waals surface area contributed by atoms with Gasteiger partial charge in [0.2, 0.25) is 55.4 Å². The number of anilines is 2. The number of carbonyl (C=O) groups is 8. The van der Waals surface area contributed by atoms with Gasteiger partial charge in [0.1, 0.15) is 59.0 Å². The first-order valence-corrected chi connectivity index (χ1v) is 39.0. The third-order valence-electron chi connectivity index (χ3n) is 20.2. The van der Waals surface area contributed by atoms with Crippen LogP contribution in [0.3, 0.4) is 0 Å². The summed E-state index contributed by atoms with van der Waals surface area (Å²) in [4.78, 5) is 122. The Morgan fingerprint density at radius 2 is 0.917 bits per heavy atom. The molecule has 0 radical (unpaired) electrons. The Bertz CT molecular complexity index is 4540. The van der Waals surface area contributed by atoms with E-state index in [4.69, 9.17) is 51.6 Å². The summed E-state index contributed by atoms with van der Waals surface area (Å²) in [5.41, 5.74) is -3.04. The molecule has 10 atom stereocenters. The van der Waals surface area contributed by atoms with Gasteiger partial charge in [-0.05, 0) is 122 Å². The summed E-state index contributed by atoms with van der Waals surface area (Å²) in [6, 6.07) is 19.3. The monoisotopic (exact) mass is 1560 g/mol. The predicted octanol–water partition coefficient (Wildman–Crippen LogP) is 8.46. The van der Waals surface area contributed by atoms with Gasteiger partial charge in [0.25, 0.3) is 11.8 Å². The molecule has 0 spiro atoms. The van der Waals surface area contributed by atoms with Gasteiger partial charge in [0.15, 0.2) is 0 Å². The van der Waals surface area contributed by atoms with Gasteiger partial charge in [-0.25, -0.2) is 36.4 Å². The van der Waals surface area contributed by atoms with E-state index in [1.165, 1.54) is 62.8 Å². The molecule has 2 aliphatic heterocycles. The number of carbonyl (C=O) groups excluding carboxylic acids is 8. The van der Waals surface area contributed by atoms with E-state index in [9.17, 15) is 55.2 Å². The van der Waals surface area contributed by atoms with Crippen LogP contribution in [0.1, 0.15) is 114 Å². The van der Waals surface area contributed by atoms with Crippen LogP contribution in [0.4, 0.5) is 11.4 Å². The molecule has 0 unspecified atom stereocenters. The number of fused-ring (bicyclic) bond motifs is 2. The number of hydrogen-bond acceptors (Lipinski definition) is 22. The maximum atomic E-state index is 14.7. The normalized spacial score (nSPS) is 22.9. The van der Waals surface area contributed by atoms with Crippen LogP contribution in [0.2, 0.25) is 10.0 Å². The number of sulfonamides is 2. The number of nitrogens with zero attached hydrogens (tertiary/aromatic N) is 4. The topological polar surface area (TPSA) is 365 Å². The third-order valence-corrected chi connectivity index (χ3v) is 24.3. The summed E-state index contributed by atoms with van der Waals surface area (Å²) in [7, 11) is -2.23. The summed E-state index contributed by atoms with van der Waals surface area (Å²) in [5, 5.41) is 14.2. The lowest BCUT2D eigenvalue weighted by molar-refractivity contribution is -0.141. The summed E-state index contributed by atoms with van der Waals surface area (Å²) >= 11 is 12.7. The average molecular weight is 1560 g/mol. The first-order chi connectivity index (χ1) is 51.0. The highest BCUT2D eigenvalue weighted by molar-refractivity contribution is 7.91. The summed E-state index contributed by atoms with van der Waals surface area (Å²) < 4.78 is 88.8. The molecule has 28 nitrogen and oxygen atoms in total. The van der Waals surface area contributed by atoms with Crippen molar-refractivity contribution in [3.8, 4) is 23.3 Å². The molecule has 108 heavy (non-hydrogen) atoms. The van der Waals surface area contributed by atoms with Crippen LogP contribution in [-0.2, 0) is 58.3 Å². The second-order valence-electron chi connectivity index (χ2n) is 30.0. The highest BCUT2D eigenvalue weighted by Gasteiger charge is 2.64. The van der Waals surface area contributed by atoms with Crippen LogP contribution in [0, 0.1) is 22.7 Å². The molecule has 2 aromatic heterocycles. The highest BCUT2D eigenvalue weighted by atomic mass is 35.5. The number of aromatic nitrogens is 2. The van der Waals surface area contributed by atoms with Crippen molar-refractivity contribution in [3.63, 3.8) is 0 Å². The zero-order valence-electron chi connectivity index (χ0n) is 61.4. The second kappa shape index (κ2) is 31.1. The largest absolute Gasteiger partial charge is 0.494 e. The zero-order chi connectivity index (χ0) is 78.3. The highest BCUT2D eigenvalue weighted by Crippen LogP contribution is 2.48. The maximum Gasteiger partial charge on any atom is 0.337 e. The number of esters is 2. The summed E-state index contributed by atoms with van der Waals surface area (Å²) in [5.74, 6) is -4.62. The number of benzene rings is 4. The van der Waals surface area contributed by atoms with E-state index in [1.54, 1.807) is 84.9 Å². The van der Waals surface area contributed by atoms with E-state index < -0.39 is 148 Å². The molecule has 0 bridgehead atoms. The van der Waals surface area contributed by atoms with Crippen LogP contribution in [0.5, 0.6) is 23.3 Å². The Hall–Kier alpha value is -9.78. The molecule has 4 aliphatic carbocycles. The summed E-state index contributed by atoms with van der Waals surface area (Å²) in [6.07, 6.45) is 6.64. The Morgan fingerprint density at radius 1 is 0.546 bits per heavy atom. The van der Waals surface area contributed by atoms with Crippen LogP contribution in [-0.4, -0.2) is 183 Å². The quantitative estimate of drug-likeness (QED) is 0.0219. The number of rotatable bonds is 26. The van der Waals surface area contributed by atoms with E-state index in [0.29, 0.717) is 80.1 Å². The van der Waals surface area contributed by atoms with Gasteiger partial charge in [-0.3, -0.25) is 38.2 Å². The van der Waals surface area contributed by atoms with Crippen molar-refractivity contribution in [1.82, 2.24) is 39.8 Å².